The normalized spacial score (nSPS) is 10.5. The molecule has 0 aliphatic rings. The van der Waals surface area contributed by atoms with Gasteiger partial charge in [-0.2, -0.15) is 0 Å². The lowest BCUT2D eigenvalue weighted by Crippen LogP contribution is -1.98. The molecule has 0 radical (unpaired) electrons. The van der Waals surface area contributed by atoms with Crippen molar-refractivity contribution in [2.24, 2.45) is 0 Å². The van der Waals surface area contributed by atoms with Crippen molar-refractivity contribution in [1.29, 1.82) is 0 Å². The van der Waals surface area contributed by atoms with Gasteiger partial charge in [-0.3, -0.25) is 4.79 Å². The van der Waals surface area contributed by atoms with E-state index in [1.165, 1.54) is 11.8 Å². The Balaban J connectivity index is 2.39. The molecule has 19 heavy (non-hydrogen) atoms. The van der Waals surface area contributed by atoms with Crippen molar-refractivity contribution < 1.29 is 4.79 Å². The molecule has 1 aromatic heterocycles. The van der Waals surface area contributed by atoms with Crippen LogP contribution < -0.4 is 0 Å². The van der Waals surface area contributed by atoms with E-state index in [0.717, 1.165) is 33.7 Å². The molecule has 2 aromatic rings. The summed E-state index contributed by atoms with van der Waals surface area (Å²) in [7, 11) is 0. The summed E-state index contributed by atoms with van der Waals surface area (Å²) in [5, 5.41) is 0.688. The summed E-state index contributed by atoms with van der Waals surface area (Å²) in [6.07, 6.45) is 0.878. The van der Waals surface area contributed by atoms with E-state index in [1.807, 2.05) is 45.9 Å². The van der Waals surface area contributed by atoms with Crippen LogP contribution in [0.25, 0.3) is 0 Å². The number of carbonyl (C=O) groups excluding carboxylic acids is 1. The molecule has 3 nitrogen and oxygen atoms in total. The van der Waals surface area contributed by atoms with E-state index < -0.39 is 0 Å². The van der Waals surface area contributed by atoms with E-state index >= 15 is 0 Å². The molecule has 98 valence electrons. The summed E-state index contributed by atoms with van der Waals surface area (Å²) in [4.78, 5) is 20.9. The number of benzene rings is 1. The van der Waals surface area contributed by atoms with Crippen LogP contribution in [0.4, 0.5) is 0 Å². The summed E-state index contributed by atoms with van der Waals surface area (Å²) in [5.74, 6) is 0. The number of nitrogens with zero attached hydrogens (tertiary/aromatic N) is 2. The minimum atomic E-state index is 0.685. The van der Waals surface area contributed by atoms with Gasteiger partial charge in [0.25, 0.3) is 0 Å². The maximum atomic E-state index is 11.1. The van der Waals surface area contributed by atoms with Crippen molar-refractivity contribution >= 4 is 18.0 Å². The van der Waals surface area contributed by atoms with E-state index in [9.17, 15) is 4.79 Å². The second-order valence-electron chi connectivity index (χ2n) is 4.56. The van der Waals surface area contributed by atoms with Crippen LogP contribution in [0, 0.1) is 27.7 Å². The zero-order valence-electron chi connectivity index (χ0n) is 11.5. The van der Waals surface area contributed by atoms with Crippen LogP contribution in [0.1, 0.15) is 32.9 Å². The van der Waals surface area contributed by atoms with Crippen LogP contribution in [-0.4, -0.2) is 16.3 Å². The van der Waals surface area contributed by atoms with E-state index in [2.05, 4.69) is 9.97 Å². The molecular formula is C15H16N2OS. The Morgan fingerprint density at radius 1 is 1.05 bits per heavy atom. The predicted octanol–water partition coefficient (Wildman–Crippen LogP) is 3.67. The third-order valence-corrected chi connectivity index (χ3v) is 4.06. The number of hydrogen-bond donors (Lipinski definition) is 0. The zero-order chi connectivity index (χ0) is 14.0. The van der Waals surface area contributed by atoms with Gasteiger partial charge in [0.05, 0.1) is 0 Å². The minimum Gasteiger partial charge on any atom is -0.298 e. The number of rotatable bonds is 3. The first kappa shape index (κ1) is 13.7. The van der Waals surface area contributed by atoms with Gasteiger partial charge in [0.2, 0.25) is 0 Å². The highest BCUT2D eigenvalue weighted by Gasteiger charge is 2.09. The monoisotopic (exact) mass is 272 g/mol. The fourth-order valence-corrected chi connectivity index (χ4v) is 2.66. The Kier molecular flexibility index (Phi) is 4.00. The number of aryl methyl sites for hydroxylation is 3. The first-order valence-corrected chi connectivity index (χ1v) is 6.88. The first-order valence-electron chi connectivity index (χ1n) is 6.07. The van der Waals surface area contributed by atoms with Gasteiger partial charge >= 0.3 is 0 Å². The SMILES string of the molecule is Cc1ccc(Sc2nc(C)c(C)c(C)n2)c(C=O)c1. The lowest BCUT2D eigenvalue weighted by molar-refractivity contribution is 0.112. The van der Waals surface area contributed by atoms with Gasteiger partial charge in [0.1, 0.15) is 0 Å². The zero-order valence-corrected chi connectivity index (χ0v) is 12.3. The van der Waals surface area contributed by atoms with Gasteiger partial charge in [-0.15, -0.1) is 0 Å². The maximum absolute atomic E-state index is 11.1. The topological polar surface area (TPSA) is 42.9 Å². The number of aldehydes is 1. The van der Waals surface area contributed by atoms with Crippen LogP contribution in [0.5, 0.6) is 0 Å². The second-order valence-corrected chi connectivity index (χ2v) is 5.57. The van der Waals surface area contributed by atoms with Crippen LogP contribution in [0.2, 0.25) is 0 Å². The van der Waals surface area contributed by atoms with Gasteiger partial charge in [-0.05, 0) is 57.2 Å². The van der Waals surface area contributed by atoms with E-state index in [1.54, 1.807) is 0 Å². The first-order chi connectivity index (χ1) is 9.01. The maximum Gasteiger partial charge on any atom is 0.192 e. The lowest BCUT2D eigenvalue weighted by Gasteiger charge is -2.08. The molecule has 2 rings (SSSR count). The third-order valence-electron chi connectivity index (χ3n) is 3.11. The van der Waals surface area contributed by atoms with Crippen molar-refractivity contribution in [3.05, 3.63) is 46.3 Å². The molecule has 0 amide bonds. The molecule has 0 N–H and O–H groups in total. The summed E-state index contributed by atoms with van der Waals surface area (Å²) < 4.78 is 0. The smallest absolute Gasteiger partial charge is 0.192 e. The quantitative estimate of drug-likeness (QED) is 0.631. The Hall–Kier alpha value is -1.68. The van der Waals surface area contributed by atoms with Crippen molar-refractivity contribution in [3.8, 4) is 0 Å². The van der Waals surface area contributed by atoms with Crippen LogP contribution >= 0.6 is 11.8 Å². The Morgan fingerprint density at radius 2 is 1.68 bits per heavy atom. The molecule has 1 aromatic carbocycles. The summed E-state index contributed by atoms with van der Waals surface area (Å²) in [6.45, 7) is 7.94. The average molecular weight is 272 g/mol. The van der Waals surface area contributed by atoms with E-state index in [4.69, 9.17) is 0 Å². The van der Waals surface area contributed by atoms with Gasteiger partial charge in [0.15, 0.2) is 11.4 Å². The van der Waals surface area contributed by atoms with Crippen molar-refractivity contribution in [3.63, 3.8) is 0 Å². The Labute approximate surface area is 117 Å². The lowest BCUT2D eigenvalue weighted by atomic mass is 10.2. The number of aromatic nitrogens is 2. The van der Waals surface area contributed by atoms with Crippen molar-refractivity contribution in [2.45, 2.75) is 37.7 Å². The number of carbonyl (C=O) groups is 1. The predicted molar refractivity (Wildman–Crippen MR) is 76.9 cm³/mol. The van der Waals surface area contributed by atoms with E-state index in [-0.39, 0.29) is 0 Å². The third kappa shape index (κ3) is 3.01. The van der Waals surface area contributed by atoms with Crippen molar-refractivity contribution in [2.75, 3.05) is 0 Å². The molecule has 0 aliphatic heterocycles. The molecule has 0 saturated carbocycles. The summed E-state index contributed by atoms with van der Waals surface area (Å²) >= 11 is 1.43. The fraction of sp³-hybridized carbons (Fsp3) is 0.267. The van der Waals surface area contributed by atoms with Gasteiger partial charge in [0, 0.05) is 21.8 Å². The van der Waals surface area contributed by atoms with Gasteiger partial charge in [-0.1, -0.05) is 11.6 Å². The highest BCUT2D eigenvalue weighted by molar-refractivity contribution is 7.99. The second kappa shape index (κ2) is 5.53. The van der Waals surface area contributed by atoms with Gasteiger partial charge < -0.3 is 0 Å². The minimum absolute atomic E-state index is 0.685. The standard InChI is InChI=1S/C15H16N2OS/c1-9-5-6-14(13(7-9)8-18)19-15-16-11(3)10(2)12(4)17-15/h5-8H,1-4H3. The molecule has 0 saturated heterocycles. The van der Waals surface area contributed by atoms with Crippen LogP contribution in [0.15, 0.2) is 28.3 Å². The average Bonchev–Trinajstić information content (AvgIpc) is 2.38. The molecule has 0 spiro atoms. The molecule has 0 bridgehead atoms. The highest BCUT2D eigenvalue weighted by atomic mass is 32.2. The molecule has 0 fully saturated rings. The van der Waals surface area contributed by atoms with Crippen LogP contribution in [0.3, 0.4) is 0 Å². The fourth-order valence-electron chi connectivity index (χ4n) is 1.74. The molecule has 0 aliphatic carbocycles. The van der Waals surface area contributed by atoms with Crippen molar-refractivity contribution in [1.82, 2.24) is 9.97 Å². The molecular weight excluding hydrogens is 256 g/mol. The molecule has 4 heteroatoms. The Bertz CT molecular complexity index is 615. The molecule has 0 unspecified atom stereocenters. The van der Waals surface area contributed by atoms with E-state index in [0.29, 0.717) is 10.7 Å². The summed E-state index contributed by atoms with van der Waals surface area (Å²) in [5.41, 5.74) is 4.83. The molecule has 1 heterocycles. The number of hydrogen-bond acceptors (Lipinski definition) is 4. The Morgan fingerprint density at radius 3 is 2.26 bits per heavy atom. The molecule has 0 atom stereocenters. The van der Waals surface area contributed by atoms with Crippen LogP contribution in [-0.2, 0) is 0 Å². The summed E-state index contributed by atoms with van der Waals surface area (Å²) in [6, 6.07) is 5.81. The largest absolute Gasteiger partial charge is 0.298 e. The highest BCUT2D eigenvalue weighted by Crippen LogP contribution is 2.28. The van der Waals surface area contributed by atoms with Gasteiger partial charge in [-0.25, -0.2) is 9.97 Å².